The summed E-state index contributed by atoms with van der Waals surface area (Å²) in [7, 11) is 0. The molecule has 29 heavy (non-hydrogen) atoms. The van der Waals surface area contributed by atoms with Crippen LogP contribution in [0, 0.1) is 14.9 Å². The van der Waals surface area contributed by atoms with Gasteiger partial charge >= 0.3 is 0 Å². The third-order valence-corrected chi connectivity index (χ3v) is 6.03. The molecule has 1 aliphatic carbocycles. The Bertz CT molecular complexity index is 1150. The zero-order valence-electron chi connectivity index (χ0n) is 15.9. The Morgan fingerprint density at radius 3 is 2.83 bits per heavy atom. The zero-order valence-corrected chi connectivity index (χ0v) is 16.7. The SMILES string of the molecule is C[C@@H]1Cc2cc([N+](=O)[O-])ccc2N1Cn1nc(-c2cccnc2)n(C2CC2)c1=S. The molecule has 0 bridgehead atoms. The monoisotopic (exact) mass is 408 g/mol. The van der Waals surface area contributed by atoms with Crippen molar-refractivity contribution < 1.29 is 4.92 Å². The first-order chi connectivity index (χ1) is 14.0. The molecular formula is C20H20N6O2S. The zero-order chi connectivity index (χ0) is 20.1. The maximum atomic E-state index is 11.1. The minimum Gasteiger partial charge on any atom is -0.349 e. The van der Waals surface area contributed by atoms with Gasteiger partial charge in [-0.2, -0.15) is 0 Å². The highest BCUT2D eigenvalue weighted by molar-refractivity contribution is 7.71. The molecule has 0 N–H and O–H groups in total. The van der Waals surface area contributed by atoms with E-state index in [1.807, 2.05) is 29.1 Å². The average Bonchev–Trinajstić information content (AvgIpc) is 3.44. The van der Waals surface area contributed by atoms with E-state index in [0.29, 0.717) is 17.5 Å². The molecule has 8 nitrogen and oxygen atoms in total. The molecule has 0 saturated heterocycles. The van der Waals surface area contributed by atoms with Crippen molar-refractivity contribution >= 4 is 23.6 Å². The smallest absolute Gasteiger partial charge is 0.269 e. The van der Waals surface area contributed by atoms with Crippen LogP contribution in [0.15, 0.2) is 42.7 Å². The topological polar surface area (TPSA) is 82.0 Å². The summed E-state index contributed by atoms with van der Waals surface area (Å²) < 4.78 is 4.71. The highest BCUT2D eigenvalue weighted by Gasteiger charge is 2.32. The molecule has 0 spiro atoms. The van der Waals surface area contributed by atoms with Gasteiger partial charge in [0.05, 0.1) is 4.92 Å². The second-order valence-electron chi connectivity index (χ2n) is 7.68. The van der Waals surface area contributed by atoms with Crippen LogP contribution in [0.2, 0.25) is 0 Å². The molecule has 1 aliphatic heterocycles. The normalized spacial score (nSPS) is 18.1. The molecule has 148 valence electrons. The van der Waals surface area contributed by atoms with E-state index in [1.165, 1.54) is 0 Å². The number of hydrogen-bond acceptors (Lipinski definition) is 6. The van der Waals surface area contributed by atoms with E-state index in [4.69, 9.17) is 17.3 Å². The molecule has 1 aromatic carbocycles. The molecule has 0 unspecified atom stereocenters. The molecular weight excluding hydrogens is 388 g/mol. The van der Waals surface area contributed by atoms with Crippen LogP contribution in [0.3, 0.4) is 0 Å². The lowest BCUT2D eigenvalue weighted by Gasteiger charge is -2.24. The van der Waals surface area contributed by atoms with Crippen LogP contribution >= 0.6 is 12.2 Å². The van der Waals surface area contributed by atoms with Gasteiger partial charge in [0, 0.05) is 47.9 Å². The van der Waals surface area contributed by atoms with Crippen molar-refractivity contribution in [1.82, 2.24) is 19.3 Å². The van der Waals surface area contributed by atoms with Gasteiger partial charge in [0.25, 0.3) is 5.69 Å². The number of benzene rings is 1. The molecule has 3 heterocycles. The molecule has 0 radical (unpaired) electrons. The number of non-ortho nitro benzene ring substituents is 1. The summed E-state index contributed by atoms with van der Waals surface area (Å²) in [5.74, 6) is 0.848. The number of aromatic nitrogens is 4. The van der Waals surface area contributed by atoms with Gasteiger partial charge in [0.2, 0.25) is 0 Å². The van der Waals surface area contributed by atoms with E-state index in [-0.39, 0.29) is 16.7 Å². The summed E-state index contributed by atoms with van der Waals surface area (Å²) in [5, 5.41) is 15.9. The van der Waals surface area contributed by atoms with Crippen LogP contribution in [0.4, 0.5) is 11.4 Å². The Kier molecular flexibility index (Phi) is 4.20. The lowest BCUT2D eigenvalue weighted by Crippen LogP contribution is -2.32. The molecule has 2 aliphatic rings. The van der Waals surface area contributed by atoms with E-state index in [0.717, 1.165) is 41.9 Å². The van der Waals surface area contributed by atoms with Gasteiger partial charge in [-0.25, -0.2) is 4.68 Å². The largest absolute Gasteiger partial charge is 0.349 e. The fourth-order valence-electron chi connectivity index (χ4n) is 4.02. The van der Waals surface area contributed by atoms with Crippen molar-refractivity contribution in [3.8, 4) is 11.4 Å². The fourth-order valence-corrected chi connectivity index (χ4v) is 4.36. The predicted octanol–water partition coefficient (Wildman–Crippen LogP) is 4.13. The van der Waals surface area contributed by atoms with E-state index >= 15 is 0 Å². The minimum absolute atomic E-state index is 0.131. The summed E-state index contributed by atoms with van der Waals surface area (Å²) in [6, 6.07) is 9.59. The van der Waals surface area contributed by atoms with Crippen LogP contribution in [-0.4, -0.2) is 30.3 Å². The van der Waals surface area contributed by atoms with Gasteiger partial charge in [-0.3, -0.25) is 19.7 Å². The molecule has 1 atom stereocenters. The summed E-state index contributed by atoms with van der Waals surface area (Å²) in [6.45, 7) is 2.63. The van der Waals surface area contributed by atoms with Gasteiger partial charge in [-0.15, -0.1) is 5.10 Å². The molecule has 1 fully saturated rings. The van der Waals surface area contributed by atoms with Gasteiger partial charge < -0.3 is 4.90 Å². The number of nitrogens with zero attached hydrogens (tertiary/aromatic N) is 6. The quantitative estimate of drug-likeness (QED) is 0.359. The number of nitro benzene ring substituents is 1. The number of pyridine rings is 1. The van der Waals surface area contributed by atoms with E-state index < -0.39 is 0 Å². The highest BCUT2D eigenvalue weighted by Crippen LogP contribution is 2.39. The summed E-state index contributed by atoms with van der Waals surface area (Å²) in [5.41, 5.74) is 3.09. The van der Waals surface area contributed by atoms with Crippen molar-refractivity contribution in [3.63, 3.8) is 0 Å². The first-order valence-corrected chi connectivity index (χ1v) is 10.1. The molecule has 3 aromatic rings. The third kappa shape index (κ3) is 3.11. The van der Waals surface area contributed by atoms with Gasteiger partial charge in [-0.05, 0) is 62.2 Å². The number of rotatable bonds is 5. The number of nitro groups is 1. The van der Waals surface area contributed by atoms with E-state index in [2.05, 4.69) is 21.4 Å². The molecule has 1 saturated carbocycles. The second-order valence-corrected chi connectivity index (χ2v) is 8.05. The van der Waals surface area contributed by atoms with Crippen LogP contribution in [0.25, 0.3) is 11.4 Å². The van der Waals surface area contributed by atoms with Gasteiger partial charge in [0.15, 0.2) is 10.6 Å². The van der Waals surface area contributed by atoms with E-state index in [9.17, 15) is 10.1 Å². The van der Waals surface area contributed by atoms with Crippen molar-refractivity contribution in [2.24, 2.45) is 0 Å². The van der Waals surface area contributed by atoms with Crippen molar-refractivity contribution in [3.05, 3.63) is 63.2 Å². The third-order valence-electron chi connectivity index (χ3n) is 5.62. The van der Waals surface area contributed by atoms with Crippen molar-refractivity contribution in [2.45, 2.75) is 44.9 Å². The Morgan fingerprint density at radius 1 is 1.31 bits per heavy atom. The predicted molar refractivity (Wildman–Crippen MR) is 111 cm³/mol. The fraction of sp³-hybridized carbons (Fsp3) is 0.350. The summed E-state index contributed by atoms with van der Waals surface area (Å²) in [6.07, 6.45) is 6.55. The van der Waals surface area contributed by atoms with Crippen molar-refractivity contribution in [1.29, 1.82) is 0 Å². The first kappa shape index (κ1) is 18.0. The van der Waals surface area contributed by atoms with Crippen LogP contribution in [0.5, 0.6) is 0 Å². The minimum atomic E-state index is -0.346. The van der Waals surface area contributed by atoms with Crippen molar-refractivity contribution in [2.75, 3.05) is 4.90 Å². The van der Waals surface area contributed by atoms with Gasteiger partial charge in [0.1, 0.15) is 6.67 Å². The standard InChI is InChI=1S/C20H20N6O2S/c1-13-9-15-10-17(26(27)28)6-7-18(15)23(13)12-24-20(29)25(16-4-5-16)19(22-24)14-3-2-8-21-11-14/h2-3,6-8,10-11,13,16H,4-5,9,12H2,1H3/t13-/m1/s1. The number of fused-ring (bicyclic) bond motifs is 1. The summed E-state index contributed by atoms with van der Waals surface area (Å²) in [4.78, 5) is 17.2. The first-order valence-electron chi connectivity index (χ1n) is 9.66. The lowest BCUT2D eigenvalue weighted by atomic mass is 10.1. The van der Waals surface area contributed by atoms with Crippen LogP contribution in [-0.2, 0) is 13.1 Å². The van der Waals surface area contributed by atoms with E-state index in [1.54, 1.807) is 18.3 Å². The Labute approximate surface area is 172 Å². The molecule has 5 rings (SSSR count). The lowest BCUT2D eigenvalue weighted by molar-refractivity contribution is -0.384. The summed E-state index contributed by atoms with van der Waals surface area (Å²) >= 11 is 5.78. The Hall–Kier alpha value is -3.07. The molecule has 9 heteroatoms. The Balaban J connectivity index is 1.52. The average molecular weight is 408 g/mol. The number of anilines is 1. The molecule has 0 amide bonds. The van der Waals surface area contributed by atoms with Crippen LogP contribution < -0.4 is 4.90 Å². The van der Waals surface area contributed by atoms with Gasteiger partial charge in [-0.1, -0.05) is 0 Å². The Morgan fingerprint density at radius 2 is 2.14 bits per heavy atom. The maximum absolute atomic E-state index is 11.1. The highest BCUT2D eigenvalue weighted by atomic mass is 32.1. The maximum Gasteiger partial charge on any atom is 0.269 e. The molecule has 2 aromatic heterocycles. The van der Waals surface area contributed by atoms with Crippen LogP contribution in [0.1, 0.15) is 31.4 Å². The second kappa shape index (κ2) is 6.77. The number of hydrogen-bond donors (Lipinski definition) is 0.